The predicted octanol–water partition coefficient (Wildman–Crippen LogP) is 3.65. The second-order valence-electron chi connectivity index (χ2n) is 4.69. The van der Waals surface area contributed by atoms with Crippen LogP contribution in [0.1, 0.15) is 16.1 Å². The number of hydrogen-bond donors (Lipinski definition) is 2. The van der Waals surface area contributed by atoms with Gasteiger partial charge in [0.15, 0.2) is 5.69 Å². The van der Waals surface area contributed by atoms with Gasteiger partial charge in [-0.2, -0.15) is 11.3 Å². The van der Waals surface area contributed by atoms with Crippen molar-refractivity contribution in [1.82, 2.24) is 4.98 Å². The van der Waals surface area contributed by atoms with E-state index in [-0.39, 0.29) is 5.69 Å². The number of nitrogens with zero attached hydrogens (tertiary/aromatic N) is 1. The Bertz CT molecular complexity index is 769. The maximum atomic E-state index is 11.2. The van der Waals surface area contributed by atoms with Crippen LogP contribution in [0.2, 0.25) is 0 Å². The number of fused-ring (bicyclic) bond motifs is 1. The fraction of sp³-hybridized carbons (Fsp3) is 0.125. The Hall–Kier alpha value is -2.40. The summed E-state index contributed by atoms with van der Waals surface area (Å²) in [5.74, 6) is -0.387. The smallest absolute Gasteiger partial charge is 0.354 e. The van der Waals surface area contributed by atoms with Crippen molar-refractivity contribution in [2.45, 2.75) is 6.42 Å². The highest BCUT2D eigenvalue weighted by Crippen LogP contribution is 2.22. The minimum absolute atomic E-state index is 0.0618. The molecule has 2 heterocycles. The SMILES string of the molecule is O=C(O)c1cc2ccccc2c(NCCc2ccsc2)n1. The monoisotopic (exact) mass is 298 g/mol. The first-order valence-corrected chi connectivity index (χ1v) is 7.56. The number of rotatable bonds is 5. The van der Waals surface area contributed by atoms with Gasteiger partial charge in [0.1, 0.15) is 5.82 Å². The zero-order chi connectivity index (χ0) is 14.7. The quantitative estimate of drug-likeness (QED) is 0.754. The fourth-order valence-electron chi connectivity index (χ4n) is 2.20. The number of nitrogens with one attached hydrogen (secondary N) is 1. The van der Waals surface area contributed by atoms with Gasteiger partial charge < -0.3 is 10.4 Å². The van der Waals surface area contributed by atoms with Crippen LogP contribution in [0, 0.1) is 0 Å². The first-order valence-electron chi connectivity index (χ1n) is 6.62. The van der Waals surface area contributed by atoms with Crippen molar-refractivity contribution in [2.24, 2.45) is 0 Å². The number of thiophene rings is 1. The van der Waals surface area contributed by atoms with Gasteiger partial charge in [-0.1, -0.05) is 24.3 Å². The van der Waals surface area contributed by atoms with E-state index in [1.807, 2.05) is 29.6 Å². The lowest BCUT2D eigenvalue weighted by molar-refractivity contribution is 0.0691. The third-order valence-corrected chi connectivity index (χ3v) is 3.98. The number of benzene rings is 1. The van der Waals surface area contributed by atoms with Crippen LogP contribution in [0.3, 0.4) is 0 Å². The van der Waals surface area contributed by atoms with E-state index in [0.29, 0.717) is 5.82 Å². The molecule has 0 bridgehead atoms. The van der Waals surface area contributed by atoms with Gasteiger partial charge in [-0.15, -0.1) is 0 Å². The van der Waals surface area contributed by atoms with Crippen LogP contribution in [0.5, 0.6) is 0 Å². The Morgan fingerprint density at radius 1 is 1.29 bits per heavy atom. The van der Waals surface area contributed by atoms with Crippen molar-refractivity contribution in [3.05, 3.63) is 58.4 Å². The summed E-state index contributed by atoms with van der Waals surface area (Å²) < 4.78 is 0. The Balaban J connectivity index is 1.87. The number of carbonyl (C=O) groups is 1. The summed E-state index contributed by atoms with van der Waals surface area (Å²) in [6, 6.07) is 11.3. The molecule has 0 unspecified atom stereocenters. The van der Waals surface area contributed by atoms with E-state index in [0.717, 1.165) is 23.7 Å². The largest absolute Gasteiger partial charge is 0.477 e. The molecule has 0 fully saturated rings. The van der Waals surface area contributed by atoms with Crippen molar-refractivity contribution in [3.8, 4) is 0 Å². The normalized spacial score (nSPS) is 10.7. The molecular weight excluding hydrogens is 284 g/mol. The second-order valence-corrected chi connectivity index (χ2v) is 5.47. The van der Waals surface area contributed by atoms with Crippen LogP contribution in [-0.4, -0.2) is 22.6 Å². The molecule has 3 rings (SSSR count). The molecule has 106 valence electrons. The van der Waals surface area contributed by atoms with Gasteiger partial charge in [0, 0.05) is 11.9 Å². The van der Waals surface area contributed by atoms with Gasteiger partial charge in [-0.3, -0.25) is 0 Å². The van der Waals surface area contributed by atoms with E-state index >= 15 is 0 Å². The first-order chi connectivity index (χ1) is 10.2. The highest BCUT2D eigenvalue weighted by Gasteiger charge is 2.10. The lowest BCUT2D eigenvalue weighted by Gasteiger charge is -2.09. The molecular formula is C16H14N2O2S. The molecule has 2 N–H and O–H groups in total. The van der Waals surface area contributed by atoms with Gasteiger partial charge in [0.25, 0.3) is 0 Å². The van der Waals surface area contributed by atoms with Crippen LogP contribution < -0.4 is 5.32 Å². The van der Waals surface area contributed by atoms with Gasteiger partial charge in [-0.25, -0.2) is 9.78 Å². The van der Waals surface area contributed by atoms with Crippen LogP contribution >= 0.6 is 11.3 Å². The summed E-state index contributed by atoms with van der Waals surface area (Å²) in [6.07, 6.45) is 0.886. The number of aromatic carboxylic acids is 1. The minimum atomic E-state index is -1.01. The molecule has 1 aromatic carbocycles. The van der Waals surface area contributed by atoms with Crippen molar-refractivity contribution in [1.29, 1.82) is 0 Å². The van der Waals surface area contributed by atoms with Crippen molar-refractivity contribution >= 4 is 33.9 Å². The number of carboxylic acid groups (broad SMARTS) is 1. The third-order valence-electron chi connectivity index (χ3n) is 3.25. The van der Waals surface area contributed by atoms with E-state index in [1.54, 1.807) is 17.4 Å². The van der Waals surface area contributed by atoms with Crippen molar-refractivity contribution in [3.63, 3.8) is 0 Å². The molecule has 0 aliphatic heterocycles. The zero-order valence-corrected chi connectivity index (χ0v) is 12.1. The molecule has 21 heavy (non-hydrogen) atoms. The van der Waals surface area contributed by atoms with E-state index in [9.17, 15) is 4.79 Å². The van der Waals surface area contributed by atoms with Gasteiger partial charge >= 0.3 is 5.97 Å². The van der Waals surface area contributed by atoms with E-state index in [1.165, 1.54) is 5.56 Å². The average molecular weight is 298 g/mol. The van der Waals surface area contributed by atoms with Gasteiger partial charge in [0.05, 0.1) is 0 Å². The first kappa shape index (κ1) is 13.6. The Morgan fingerprint density at radius 2 is 2.14 bits per heavy atom. The summed E-state index contributed by atoms with van der Waals surface area (Å²) in [5, 5.41) is 18.4. The highest BCUT2D eigenvalue weighted by atomic mass is 32.1. The molecule has 0 radical (unpaired) electrons. The number of anilines is 1. The maximum absolute atomic E-state index is 11.2. The standard InChI is InChI=1S/C16H14N2O2S/c19-16(20)14-9-12-3-1-2-4-13(12)15(18-14)17-7-5-11-6-8-21-10-11/h1-4,6,8-10H,5,7H2,(H,17,18)(H,19,20). The van der Waals surface area contributed by atoms with Crippen molar-refractivity contribution in [2.75, 3.05) is 11.9 Å². The predicted molar refractivity (Wildman–Crippen MR) is 85.2 cm³/mol. The average Bonchev–Trinajstić information content (AvgIpc) is 3.00. The molecule has 0 spiro atoms. The molecule has 2 aromatic heterocycles. The Labute approximate surface area is 126 Å². The number of pyridine rings is 1. The van der Waals surface area contributed by atoms with Crippen LogP contribution in [0.15, 0.2) is 47.2 Å². The minimum Gasteiger partial charge on any atom is -0.477 e. The molecule has 0 saturated carbocycles. The van der Waals surface area contributed by atoms with Crippen LogP contribution in [0.25, 0.3) is 10.8 Å². The topological polar surface area (TPSA) is 62.2 Å². The summed E-state index contributed by atoms with van der Waals surface area (Å²) in [5.41, 5.74) is 1.33. The maximum Gasteiger partial charge on any atom is 0.354 e. The van der Waals surface area contributed by atoms with E-state index in [4.69, 9.17) is 5.11 Å². The van der Waals surface area contributed by atoms with Crippen LogP contribution in [-0.2, 0) is 6.42 Å². The van der Waals surface area contributed by atoms with Crippen LogP contribution in [0.4, 0.5) is 5.82 Å². The van der Waals surface area contributed by atoms with E-state index in [2.05, 4.69) is 21.7 Å². The number of carboxylic acids is 1. The zero-order valence-electron chi connectivity index (χ0n) is 11.2. The molecule has 5 heteroatoms. The summed E-state index contributed by atoms with van der Waals surface area (Å²) in [4.78, 5) is 15.4. The van der Waals surface area contributed by atoms with Gasteiger partial charge in [0.2, 0.25) is 0 Å². The highest BCUT2D eigenvalue weighted by molar-refractivity contribution is 7.07. The Morgan fingerprint density at radius 3 is 2.90 bits per heavy atom. The fourth-order valence-corrected chi connectivity index (χ4v) is 2.91. The van der Waals surface area contributed by atoms with Crippen molar-refractivity contribution < 1.29 is 9.90 Å². The van der Waals surface area contributed by atoms with Gasteiger partial charge in [-0.05, 0) is 40.3 Å². The van der Waals surface area contributed by atoms with E-state index < -0.39 is 5.97 Å². The summed E-state index contributed by atoms with van der Waals surface area (Å²) in [6.45, 7) is 0.719. The molecule has 0 amide bonds. The second kappa shape index (κ2) is 5.93. The summed E-state index contributed by atoms with van der Waals surface area (Å²) in [7, 11) is 0. The molecule has 4 nitrogen and oxygen atoms in total. The lowest BCUT2D eigenvalue weighted by Crippen LogP contribution is -2.09. The molecule has 0 atom stereocenters. The number of hydrogen-bond acceptors (Lipinski definition) is 4. The molecule has 0 aliphatic carbocycles. The summed E-state index contributed by atoms with van der Waals surface area (Å²) >= 11 is 1.67. The lowest BCUT2D eigenvalue weighted by atomic mass is 10.1. The molecule has 3 aromatic rings. The molecule has 0 saturated heterocycles. The molecule has 0 aliphatic rings. The Kier molecular flexibility index (Phi) is 3.83. The third kappa shape index (κ3) is 3.03. The number of aromatic nitrogens is 1.